The molecule has 2 nitrogen and oxygen atoms in total. The van der Waals surface area contributed by atoms with Gasteiger partial charge in [0.1, 0.15) is 16.1 Å². The van der Waals surface area contributed by atoms with Crippen LogP contribution in [0.5, 0.6) is 0 Å². The van der Waals surface area contributed by atoms with Gasteiger partial charge >= 0.3 is 0 Å². The number of benzene rings is 3. The van der Waals surface area contributed by atoms with Crippen LogP contribution in [0.4, 0.5) is 0 Å². The highest BCUT2D eigenvalue weighted by atomic mass is 79.9. The molecule has 1 aromatic heterocycles. The van der Waals surface area contributed by atoms with Gasteiger partial charge in [0.05, 0.1) is 0 Å². The van der Waals surface area contributed by atoms with Crippen LogP contribution in [0.3, 0.4) is 0 Å². The predicted octanol–water partition coefficient (Wildman–Crippen LogP) is 5.66. The Morgan fingerprint density at radius 3 is 2.27 bits per heavy atom. The summed E-state index contributed by atoms with van der Waals surface area (Å²) in [5.74, 6) is 0.871. The van der Waals surface area contributed by atoms with Crippen LogP contribution >= 0.6 is 15.9 Å². The number of rotatable bonds is 2. The van der Waals surface area contributed by atoms with E-state index in [1.165, 1.54) is 10.8 Å². The van der Waals surface area contributed by atoms with Crippen LogP contribution in [-0.2, 0) is 0 Å². The number of hydrogen-bond acceptors (Lipinski definition) is 1. The maximum absolute atomic E-state index is 4.75. The first kappa shape index (κ1) is 13.3. The lowest BCUT2D eigenvalue weighted by Crippen LogP contribution is -1.81. The molecule has 0 spiro atoms. The number of aromatic nitrogens is 2. The number of hydrogen-bond donors (Lipinski definition) is 1. The first-order valence-electron chi connectivity index (χ1n) is 7.11. The molecule has 0 saturated carbocycles. The van der Waals surface area contributed by atoms with Gasteiger partial charge in [-0.15, -0.1) is 0 Å². The number of nitrogens with one attached hydrogen (secondary N) is 1. The van der Waals surface area contributed by atoms with E-state index in [2.05, 4.69) is 75.5 Å². The fourth-order valence-corrected chi connectivity index (χ4v) is 3.12. The van der Waals surface area contributed by atoms with Gasteiger partial charge < -0.3 is 4.98 Å². The summed E-state index contributed by atoms with van der Waals surface area (Å²) in [5, 5.41) is 2.46. The number of fused-ring (bicyclic) bond motifs is 1. The van der Waals surface area contributed by atoms with Crippen molar-refractivity contribution in [2.45, 2.75) is 0 Å². The highest BCUT2D eigenvalue weighted by Crippen LogP contribution is 2.31. The second kappa shape index (κ2) is 5.43. The normalized spacial score (nSPS) is 11.0. The van der Waals surface area contributed by atoms with Crippen molar-refractivity contribution in [3.8, 4) is 22.6 Å². The summed E-state index contributed by atoms with van der Waals surface area (Å²) in [4.78, 5) is 8.07. The third-order valence-electron chi connectivity index (χ3n) is 3.73. The standard InChI is InChI=1S/C19H13BrN2/c20-18-17(21-19(22-18)14-7-2-1-3-8-14)16-11-10-13-6-4-5-9-15(13)12-16/h1-12H,(H,21,22). The fraction of sp³-hybridized carbons (Fsp3) is 0. The molecule has 106 valence electrons. The molecule has 0 saturated heterocycles. The molecule has 0 unspecified atom stereocenters. The molecule has 0 fully saturated rings. The van der Waals surface area contributed by atoms with E-state index in [4.69, 9.17) is 4.98 Å². The van der Waals surface area contributed by atoms with E-state index in [0.29, 0.717) is 0 Å². The van der Waals surface area contributed by atoms with Gasteiger partial charge in [-0.3, -0.25) is 0 Å². The van der Waals surface area contributed by atoms with E-state index >= 15 is 0 Å². The van der Waals surface area contributed by atoms with Crippen molar-refractivity contribution in [3.63, 3.8) is 0 Å². The molecule has 0 aliphatic heterocycles. The second-order valence-corrected chi connectivity index (χ2v) is 5.97. The molecule has 4 aromatic rings. The first-order valence-corrected chi connectivity index (χ1v) is 7.91. The SMILES string of the molecule is Brc1[nH]c(-c2ccccc2)nc1-c1ccc2ccccc2c1. The Morgan fingerprint density at radius 2 is 1.45 bits per heavy atom. The van der Waals surface area contributed by atoms with Crippen LogP contribution in [-0.4, -0.2) is 9.97 Å². The van der Waals surface area contributed by atoms with Gasteiger partial charge in [-0.2, -0.15) is 0 Å². The Hall–Kier alpha value is -2.39. The van der Waals surface area contributed by atoms with Crippen LogP contribution < -0.4 is 0 Å². The molecule has 1 N–H and O–H groups in total. The number of halogens is 1. The summed E-state index contributed by atoms with van der Waals surface area (Å²) >= 11 is 3.60. The van der Waals surface area contributed by atoms with Crippen molar-refractivity contribution in [2.24, 2.45) is 0 Å². The average Bonchev–Trinajstić information content (AvgIpc) is 2.97. The highest BCUT2D eigenvalue weighted by molar-refractivity contribution is 9.10. The van der Waals surface area contributed by atoms with Gasteiger partial charge in [0.2, 0.25) is 0 Å². The molecule has 3 heteroatoms. The van der Waals surface area contributed by atoms with Gasteiger partial charge in [-0.25, -0.2) is 4.98 Å². The summed E-state index contributed by atoms with van der Waals surface area (Å²) in [7, 11) is 0. The summed E-state index contributed by atoms with van der Waals surface area (Å²) in [6.45, 7) is 0. The van der Waals surface area contributed by atoms with E-state index in [-0.39, 0.29) is 0 Å². The van der Waals surface area contributed by atoms with Gasteiger partial charge in [-0.05, 0) is 32.8 Å². The quantitative estimate of drug-likeness (QED) is 0.497. The monoisotopic (exact) mass is 348 g/mol. The third-order valence-corrected chi connectivity index (χ3v) is 4.30. The molecular formula is C19H13BrN2. The van der Waals surface area contributed by atoms with E-state index in [1.54, 1.807) is 0 Å². The zero-order valence-electron chi connectivity index (χ0n) is 11.8. The molecule has 0 amide bonds. The Labute approximate surface area is 137 Å². The fourth-order valence-electron chi connectivity index (χ4n) is 2.61. The van der Waals surface area contributed by atoms with E-state index in [9.17, 15) is 0 Å². The molecule has 0 aliphatic rings. The highest BCUT2D eigenvalue weighted by Gasteiger charge is 2.11. The predicted molar refractivity (Wildman–Crippen MR) is 94.7 cm³/mol. The zero-order valence-corrected chi connectivity index (χ0v) is 13.3. The van der Waals surface area contributed by atoms with E-state index in [1.807, 2.05) is 18.2 Å². The van der Waals surface area contributed by atoms with Crippen molar-refractivity contribution in [1.29, 1.82) is 0 Å². The van der Waals surface area contributed by atoms with Gasteiger partial charge in [-0.1, -0.05) is 66.7 Å². The van der Waals surface area contributed by atoms with Crippen LogP contribution in [0.2, 0.25) is 0 Å². The van der Waals surface area contributed by atoms with Crippen LogP contribution in [0.25, 0.3) is 33.4 Å². The lowest BCUT2D eigenvalue weighted by Gasteiger charge is -2.01. The molecule has 0 radical (unpaired) electrons. The zero-order chi connectivity index (χ0) is 14.9. The van der Waals surface area contributed by atoms with Crippen molar-refractivity contribution >= 4 is 26.7 Å². The smallest absolute Gasteiger partial charge is 0.138 e. The molecule has 3 aromatic carbocycles. The molecule has 22 heavy (non-hydrogen) atoms. The molecule has 1 heterocycles. The van der Waals surface area contributed by atoms with E-state index in [0.717, 1.165) is 27.2 Å². The molecule has 0 aliphatic carbocycles. The van der Waals surface area contributed by atoms with Crippen molar-refractivity contribution in [3.05, 3.63) is 77.4 Å². The Balaban J connectivity index is 1.83. The van der Waals surface area contributed by atoms with Crippen LogP contribution in [0, 0.1) is 0 Å². The third kappa shape index (κ3) is 2.34. The van der Waals surface area contributed by atoms with Crippen molar-refractivity contribution < 1.29 is 0 Å². The maximum atomic E-state index is 4.75. The van der Waals surface area contributed by atoms with Crippen molar-refractivity contribution in [1.82, 2.24) is 9.97 Å². The van der Waals surface area contributed by atoms with Gasteiger partial charge in [0, 0.05) is 11.1 Å². The minimum absolute atomic E-state index is 0.871. The summed E-state index contributed by atoms with van der Waals surface area (Å²) in [6, 6.07) is 24.9. The summed E-state index contributed by atoms with van der Waals surface area (Å²) < 4.78 is 0.904. The topological polar surface area (TPSA) is 28.7 Å². The van der Waals surface area contributed by atoms with Crippen molar-refractivity contribution in [2.75, 3.05) is 0 Å². The minimum Gasteiger partial charge on any atom is -0.332 e. The number of nitrogens with zero attached hydrogens (tertiary/aromatic N) is 1. The van der Waals surface area contributed by atoms with Crippen LogP contribution in [0.15, 0.2) is 77.4 Å². The average molecular weight is 349 g/mol. The largest absolute Gasteiger partial charge is 0.332 e. The minimum atomic E-state index is 0.871. The number of imidazole rings is 1. The van der Waals surface area contributed by atoms with Gasteiger partial charge in [0.15, 0.2) is 0 Å². The maximum Gasteiger partial charge on any atom is 0.138 e. The Kier molecular flexibility index (Phi) is 3.28. The first-order chi connectivity index (χ1) is 10.8. The summed E-state index contributed by atoms with van der Waals surface area (Å²) in [5.41, 5.74) is 3.11. The number of aromatic amines is 1. The Bertz CT molecular complexity index is 942. The molecule has 0 bridgehead atoms. The molecule has 4 rings (SSSR count). The Morgan fingerprint density at radius 1 is 0.727 bits per heavy atom. The lowest BCUT2D eigenvalue weighted by atomic mass is 10.1. The second-order valence-electron chi connectivity index (χ2n) is 5.18. The van der Waals surface area contributed by atoms with E-state index < -0.39 is 0 Å². The number of H-pyrrole nitrogens is 1. The molecule has 0 atom stereocenters. The lowest BCUT2D eigenvalue weighted by molar-refractivity contribution is 1.30. The molecular weight excluding hydrogens is 336 g/mol. The van der Waals surface area contributed by atoms with Gasteiger partial charge in [0.25, 0.3) is 0 Å². The summed E-state index contributed by atoms with van der Waals surface area (Å²) in [6.07, 6.45) is 0. The van der Waals surface area contributed by atoms with Crippen LogP contribution in [0.1, 0.15) is 0 Å².